The van der Waals surface area contributed by atoms with Gasteiger partial charge in [0.25, 0.3) is 0 Å². The number of aromatic nitrogens is 2. The first kappa shape index (κ1) is 23.0. The zero-order valence-electron chi connectivity index (χ0n) is 19.5. The molecule has 0 amide bonds. The molecule has 0 aliphatic carbocycles. The number of pyridine rings is 1. The predicted molar refractivity (Wildman–Crippen MR) is 132 cm³/mol. The zero-order valence-corrected chi connectivity index (χ0v) is 20.5. The van der Waals surface area contributed by atoms with Gasteiger partial charge in [-0.3, -0.25) is 0 Å². The van der Waals surface area contributed by atoms with Crippen molar-refractivity contribution in [3.8, 4) is 23.4 Å². The van der Waals surface area contributed by atoms with Gasteiger partial charge in [-0.1, -0.05) is 31.8 Å². The molecule has 3 aromatic rings. The summed E-state index contributed by atoms with van der Waals surface area (Å²) in [6.45, 7) is 10.8. The van der Waals surface area contributed by atoms with E-state index in [1.807, 2.05) is 18.2 Å². The molecule has 1 aliphatic rings. The summed E-state index contributed by atoms with van der Waals surface area (Å²) in [5, 5.41) is 20.1. The Kier molecular flexibility index (Phi) is 6.80. The van der Waals surface area contributed by atoms with Crippen molar-refractivity contribution in [2.45, 2.75) is 32.4 Å². The summed E-state index contributed by atoms with van der Waals surface area (Å²) in [6, 6.07) is 15.3. The molecule has 170 valence electrons. The van der Waals surface area contributed by atoms with Crippen molar-refractivity contribution in [3.05, 3.63) is 47.7 Å². The fourth-order valence-electron chi connectivity index (χ4n) is 4.05. The van der Waals surface area contributed by atoms with Crippen molar-refractivity contribution in [2.24, 2.45) is 0 Å². The van der Waals surface area contributed by atoms with E-state index in [0.717, 1.165) is 47.1 Å². The number of morpholine rings is 1. The van der Waals surface area contributed by atoms with Crippen molar-refractivity contribution < 1.29 is 9.47 Å². The summed E-state index contributed by atoms with van der Waals surface area (Å²) >= 11 is 0. The summed E-state index contributed by atoms with van der Waals surface area (Å²) in [5.74, 6) is 0. The molecule has 0 atom stereocenters. The Morgan fingerprint density at radius 3 is 2.61 bits per heavy atom. The molecule has 8 heteroatoms. The number of benzene rings is 1. The van der Waals surface area contributed by atoms with Crippen LogP contribution in [-0.4, -0.2) is 50.5 Å². The van der Waals surface area contributed by atoms with E-state index < -0.39 is 8.07 Å². The molecule has 1 aliphatic heterocycles. The van der Waals surface area contributed by atoms with Gasteiger partial charge in [-0.2, -0.15) is 10.5 Å². The van der Waals surface area contributed by atoms with Crippen LogP contribution in [0.2, 0.25) is 25.7 Å². The molecule has 4 rings (SSSR count). The zero-order chi connectivity index (χ0) is 23.4. The molecular weight excluding hydrogens is 430 g/mol. The number of rotatable bonds is 7. The van der Waals surface area contributed by atoms with Gasteiger partial charge in [0.2, 0.25) is 0 Å². The average Bonchev–Trinajstić information content (AvgIpc) is 3.19. The fourth-order valence-corrected chi connectivity index (χ4v) is 4.80. The van der Waals surface area contributed by atoms with Crippen LogP contribution in [0.4, 0.5) is 5.69 Å². The third-order valence-electron chi connectivity index (χ3n) is 5.85. The summed E-state index contributed by atoms with van der Waals surface area (Å²) in [6.07, 6.45) is 1.65. The highest BCUT2D eigenvalue weighted by Crippen LogP contribution is 2.36. The lowest BCUT2D eigenvalue weighted by Crippen LogP contribution is -2.36. The monoisotopic (exact) mass is 459 g/mol. The number of ether oxygens (including phenoxy) is 2. The molecule has 2 aromatic heterocycles. The van der Waals surface area contributed by atoms with Crippen LogP contribution in [0.15, 0.2) is 36.5 Å². The van der Waals surface area contributed by atoms with Gasteiger partial charge in [0, 0.05) is 39.4 Å². The minimum atomic E-state index is -1.21. The SMILES string of the molecule is C[Si](C)(C)CCOCn1c(-c2cccc(C#N)c2)cc2c(N3CCOCC3)c(C#N)cnc21. The van der Waals surface area contributed by atoms with Crippen LogP contribution in [0.25, 0.3) is 22.3 Å². The van der Waals surface area contributed by atoms with E-state index in [4.69, 9.17) is 9.47 Å². The molecule has 0 saturated carbocycles. The smallest absolute Gasteiger partial charge is 0.144 e. The van der Waals surface area contributed by atoms with Gasteiger partial charge in [-0.25, -0.2) is 4.98 Å². The van der Waals surface area contributed by atoms with Crippen molar-refractivity contribution in [1.29, 1.82) is 10.5 Å². The summed E-state index contributed by atoms with van der Waals surface area (Å²) in [7, 11) is -1.21. The van der Waals surface area contributed by atoms with Crippen LogP contribution < -0.4 is 4.90 Å². The lowest BCUT2D eigenvalue weighted by atomic mass is 10.1. The average molecular weight is 460 g/mol. The van der Waals surface area contributed by atoms with Crippen molar-refractivity contribution in [1.82, 2.24) is 9.55 Å². The Hall–Kier alpha value is -3.17. The summed E-state index contributed by atoms with van der Waals surface area (Å²) < 4.78 is 13.7. The maximum Gasteiger partial charge on any atom is 0.144 e. The highest BCUT2D eigenvalue weighted by Gasteiger charge is 2.23. The summed E-state index contributed by atoms with van der Waals surface area (Å²) in [4.78, 5) is 6.88. The molecule has 1 saturated heterocycles. The predicted octanol–water partition coefficient (Wildman–Crippen LogP) is 4.60. The molecule has 7 nitrogen and oxygen atoms in total. The number of nitrogens with zero attached hydrogens (tertiary/aromatic N) is 5. The number of fused-ring (bicyclic) bond motifs is 1. The second kappa shape index (κ2) is 9.76. The quantitative estimate of drug-likeness (QED) is 0.379. The first-order chi connectivity index (χ1) is 15.9. The Labute approximate surface area is 195 Å². The highest BCUT2D eigenvalue weighted by molar-refractivity contribution is 6.76. The largest absolute Gasteiger partial charge is 0.378 e. The second-order valence-electron chi connectivity index (χ2n) is 9.47. The number of hydrogen-bond acceptors (Lipinski definition) is 6. The Bertz CT molecular complexity index is 1230. The molecule has 0 bridgehead atoms. The normalized spacial score (nSPS) is 14.3. The molecule has 1 fully saturated rings. The van der Waals surface area contributed by atoms with Gasteiger partial charge >= 0.3 is 0 Å². The van der Waals surface area contributed by atoms with E-state index in [-0.39, 0.29) is 0 Å². The molecule has 0 radical (unpaired) electrons. The van der Waals surface area contributed by atoms with Gasteiger partial charge in [0.1, 0.15) is 18.4 Å². The topological polar surface area (TPSA) is 87.1 Å². The minimum Gasteiger partial charge on any atom is -0.378 e. The van der Waals surface area contributed by atoms with Gasteiger partial charge in [-0.15, -0.1) is 0 Å². The first-order valence-corrected chi connectivity index (χ1v) is 15.0. The van der Waals surface area contributed by atoms with Gasteiger partial charge < -0.3 is 18.9 Å². The van der Waals surface area contributed by atoms with Crippen molar-refractivity contribution in [3.63, 3.8) is 0 Å². The van der Waals surface area contributed by atoms with E-state index in [1.54, 1.807) is 12.3 Å². The summed E-state index contributed by atoms with van der Waals surface area (Å²) in [5.41, 5.74) is 4.67. The van der Waals surface area contributed by atoms with Gasteiger partial charge in [0.15, 0.2) is 0 Å². The van der Waals surface area contributed by atoms with E-state index in [2.05, 4.69) is 52.3 Å². The van der Waals surface area contributed by atoms with Crippen LogP contribution in [0.3, 0.4) is 0 Å². The first-order valence-electron chi connectivity index (χ1n) is 11.2. The Balaban J connectivity index is 1.83. The standard InChI is InChI=1S/C25H29N5O2Si/c1-33(2,3)12-11-32-18-30-23(20-6-4-5-19(13-20)15-26)14-22-24(29-7-9-31-10-8-29)21(16-27)17-28-25(22)30/h4-6,13-14,17H,7-12,18H2,1-3H3. The van der Waals surface area contributed by atoms with E-state index in [0.29, 0.717) is 37.7 Å². The maximum absolute atomic E-state index is 9.81. The van der Waals surface area contributed by atoms with Crippen LogP contribution in [-0.2, 0) is 16.2 Å². The Morgan fingerprint density at radius 2 is 1.91 bits per heavy atom. The lowest BCUT2D eigenvalue weighted by Gasteiger charge is -2.30. The van der Waals surface area contributed by atoms with Crippen LogP contribution in [0, 0.1) is 22.7 Å². The van der Waals surface area contributed by atoms with E-state index in [9.17, 15) is 10.5 Å². The van der Waals surface area contributed by atoms with E-state index in [1.165, 1.54) is 0 Å². The van der Waals surface area contributed by atoms with E-state index >= 15 is 0 Å². The number of anilines is 1. The van der Waals surface area contributed by atoms with Gasteiger partial charge in [-0.05, 0) is 29.8 Å². The third-order valence-corrected chi connectivity index (χ3v) is 7.55. The van der Waals surface area contributed by atoms with Crippen molar-refractivity contribution >= 4 is 24.8 Å². The van der Waals surface area contributed by atoms with Crippen LogP contribution in [0.1, 0.15) is 11.1 Å². The number of nitriles is 2. The molecule has 0 spiro atoms. The third kappa shape index (κ3) is 5.09. The van der Waals surface area contributed by atoms with Crippen molar-refractivity contribution in [2.75, 3.05) is 37.8 Å². The Morgan fingerprint density at radius 1 is 1.12 bits per heavy atom. The molecular formula is C25H29N5O2Si. The van der Waals surface area contributed by atoms with Crippen LogP contribution >= 0.6 is 0 Å². The molecule has 0 unspecified atom stereocenters. The highest BCUT2D eigenvalue weighted by atomic mass is 28.3. The maximum atomic E-state index is 9.81. The molecule has 1 aromatic carbocycles. The van der Waals surface area contributed by atoms with Gasteiger partial charge in [0.05, 0.1) is 41.8 Å². The minimum absolute atomic E-state index is 0.363. The lowest BCUT2D eigenvalue weighted by molar-refractivity contribution is 0.0909. The molecule has 3 heterocycles. The second-order valence-corrected chi connectivity index (χ2v) is 15.1. The molecule has 0 N–H and O–H groups in total. The molecule has 33 heavy (non-hydrogen) atoms. The fraction of sp³-hybridized carbons (Fsp3) is 0.400. The number of hydrogen-bond donors (Lipinski definition) is 0. The van der Waals surface area contributed by atoms with Crippen LogP contribution in [0.5, 0.6) is 0 Å².